The second kappa shape index (κ2) is 7.85. The van der Waals surface area contributed by atoms with E-state index in [2.05, 4.69) is 44.5 Å². The van der Waals surface area contributed by atoms with Gasteiger partial charge in [0.25, 0.3) is 5.91 Å². The summed E-state index contributed by atoms with van der Waals surface area (Å²) in [6.07, 6.45) is 1.26. The number of thiophene rings is 1. The molecule has 0 unspecified atom stereocenters. The van der Waals surface area contributed by atoms with E-state index in [0.29, 0.717) is 18.5 Å². The van der Waals surface area contributed by atoms with Gasteiger partial charge < -0.3 is 10.2 Å². The molecular formula is C22H28N2O2S. The van der Waals surface area contributed by atoms with Gasteiger partial charge in [-0.1, -0.05) is 32.9 Å². The van der Waals surface area contributed by atoms with E-state index >= 15 is 0 Å². The maximum atomic E-state index is 12.6. The monoisotopic (exact) mass is 384 g/mol. The maximum absolute atomic E-state index is 12.6. The number of rotatable bonds is 4. The molecule has 0 bridgehead atoms. The van der Waals surface area contributed by atoms with E-state index < -0.39 is 0 Å². The van der Waals surface area contributed by atoms with Gasteiger partial charge in [0.05, 0.1) is 6.04 Å². The minimum atomic E-state index is -0.130. The SMILES string of the molecule is C[C@H]1c2ccsc2CCN1C(=O)CCNC(=O)c1ccc(C(C)(C)C)cc1. The lowest BCUT2D eigenvalue weighted by Crippen LogP contribution is -2.39. The molecule has 1 aromatic carbocycles. The van der Waals surface area contributed by atoms with E-state index in [-0.39, 0.29) is 23.3 Å². The highest BCUT2D eigenvalue weighted by Crippen LogP contribution is 2.33. The van der Waals surface area contributed by atoms with Crippen molar-refractivity contribution in [3.05, 3.63) is 57.3 Å². The number of fused-ring (bicyclic) bond motifs is 1. The van der Waals surface area contributed by atoms with Crippen molar-refractivity contribution in [2.45, 2.75) is 52.0 Å². The highest BCUT2D eigenvalue weighted by atomic mass is 32.1. The van der Waals surface area contributed by atoms with Crippen LogP contribution in [0.3, 0.4) is 0 Å². The Morgan fingerprint density at radius 1 is 1.19 bits per heavy atom. The number of carbonyl (C=O) groups excluding carboxylic acids is 2. The molecule has 27 heavy (non-hydrogen) atoms. The van der Waals surface area contributed by atoms with Gasteiger partial charge in [-0.2, -0.15) is 0 Å². The minimum Gasteiger partial charge on any atom is -0.352 e. The van der Waals surface area contributed by atoms with Crippen molar-refractivity contribution in [3.8, 4) is 0 Å². The van der Waals surface area contributed by atoms with Crippen molar-refractivity contribution >= 4 is 23.2 Å². The standard InChI is InChI=1S/C22H28N2O2S/c1-15-18-11-14-27-19(18)10-13-24(15)20(25)9-12-23-21(26)16-5-7-17(8-6-16)22(2,3)4/h5-8,11,14-15H,9-10,12-13H2,1-4H3,(H,23,26)/t15-/m0/s1. The van der Waals surface area contributed by atoms with Crippen LogP contribution in [0.4, 0.5) is 0 Å². The van der Waals surface area contributed by atoms with Gasteiger partial charge in [-0.05, 0) is 53.5 Å². The van der Waals surface area contributed by atoms with Crippen LogP contribution < -0.4 is 5.32 Å². The molecule has 0 saturated heterocycles. The Kier molecular flexibility index (Phi) is 5.70. The van der Waals surface area contributed by atoms with E-state index in [1.54, 1.807) is 11.3 Å². The summed E-state index contributed by atoms with van der Waals surface area (Å²) in [6, 6.07) is 9.92. The summed E-state index contributed by atoms with van der Waals surface area (Å²) >= 11 is 1.77. The Bertz CT molecular complexity index is 818. The predicted molar refractivity (Wildman–Crippen MR) is 110 cm³/mol. The van der Waals surface area contributed by atoms with Crippen LogP contribution in [0.5, 0.6) is 0 Å². The van der Waals surface area contributed by atoms with Crippen molar-refractivity contribution in [1.82, 2.24) is 10.2 Å². The molecule has 0 fully saturated rings. The second-order valence-corrected chi connectivity index (χ2v) is 9.15. The summed E-state index contributed by atoms with van der Waals surface area (Å²) in [7, 11) is 0. The predicted octanol–water partition coefficient (Wildman–Crippen LogP) is 4.31. The Hall–Kier alpha value is -2.14. The van der Waals surface area contributed by atoms with Gasteiger partial charge in [0.1, 0.15) is 0 Å². The van der Waals surface area contributed by atoms with Gasteiger partial charge in [0, 0.05) is 30.0 Å². The quantitative estimate of drug-likeness (QED) is 0.854. The molecule has 0 spiro atoms. The van der Waals surface area contributed by atoms with Crippen LogP contribution in [-0.2, 0) is 16.6 Å². The molecule has 3 rings (SSSR count). The van der Waals surface area contributed by atoms with Crippen molar-refractivity contribution in [1.29, 1.82) is 0 Å². The van der Waals surface area contributed by atoms with Gasteiger partial charge in [0.15, 0.2) is 0 Å². The number of carbonyl (C=O) groups is 2. The van der Waals surface area contributed by atoms with Gasteiger partial charge in [-0.15, -0.1) is 11.3 Å². The highest BCUT2D eigenvalue weighted by Gasteiger charge is 2.27. The zero-order valence-electron chi connectivity index (χ0n) is 16.5. The Labute approximate surface area is 165 Å². The fourth-order valence-electron chi connectivity index (χ4n) is 3.50. The number of nitrogens with zero attached hydrogens (tertiary/aromatic N) is 1. The summed E-state index contributed by atoms with van der Waals surface area (Å²) in [5.41, 5.74) is 3.16. The van der Waals surface area contributed by atoms with Crippen LogP contribution in [-0.4, -0.2) is 29.8 Å². The van der Waals surface area contributed by atoms with Crippen molar-refractivity contribution < 1.29 is 9.59 Å². The summed E-state index contributed by atoms with van der Waals surface area (Å²) in [6.45, 7) is 9.64. The van der Waals surface area contributed by atoms with E-state index in [1.165, 1.54) is 16.0 Å². The molecule has 0 radical (unpaired) electrons. The zero-order chi connectivity index (χ0) is 19.6. The van der Waals surface area contributed by atoms with E-state index in [0.717, 1.165) is 13.0 Å². The molecular weight excluding hydrogens is 356 g/mol. The van der Waals surface area contributed by atoms with Crippen LogP contribution in [0.1, 0.15) is 66.5 Å². The van der Waals surface area contributed by atoms with Gasteiger partial charge in [-0.25, -0.2) is 0 Å². The molecule has 5 heteroatoms. The van der Waals surface area contributed by atoms with E-state index in [1.807, 2.05) is 29.2 Å². The number of nitrogens with one attached hydrogen (secondary N) is 1. The topological polar surface area (TPSA) is 49.4 Å². The molecule has 1 aliphatic heterocycles. The van der Waals surface area contributed by atoms with E-state index in [4.69, 9.17) is 0 Å². The number of hydrogen-bond donors (Lipinski definition) is 1. The Morgan fingerprint density at radius 2 is 1.89 bits per heavy atom. The van der Waals surface area contributed by atoms with Crippen LogP contribution in [0, 0.1) is 0 Å². The summed E-state index contributed by atoms with van der Waals surface area (Å²) in [5, 5.41) is 4.97. The third kappa shape index (κ3) is 4.41. The Morgan fingerprint density at radius 3 is 2.56 bits per heavy atom. The number of hydrogen-bond acceptors (Lipinski definition) is 3. The molecule has 144 valence electrons. The lowest BCUT2D eigenvalue weighted by atomic mass is 9.87. The lowest BCUT2D eigenvalue weighted by molar-refractivity contribution is -0.133. The normalized spacial score (nSPS) is 16.7. The fourth-order valence-corrected chi connectivity index (χ4v) is 4.46. The minimum absolute atomic E-state index is 0.0644. The molecule has 2 heterocycles. The Balaban J connectivity index is 1.51. The van der Waals surface area contributed by atoms with Crippen molar-refractivity contribution in [2.24, 2.45) is 0 Å². The summed E-state index contributed by atoms with van der Waals surface area (Å²) in [4.78, 5) is 28.2. The first-order valence-electron chi connectivity index (χ1n) is 9.52. The highest BCUT2D eigenvalue weighted by molar-refractivity contribution is 7.10. The first-order valence-corrected chi connectivity index (χ1v) is 10.4. The third-order valence-electron chi connectivity index (χ3n) is 5.24. The smallest absolute Gasteiger partial charge is 0.251 e. The van der Waals surface area contributed by atoms with E-state index in [9.17, 15) is 9.59 Å². The molecule has 2 aromatic rings. The van der Waals surface area contributed by atoms with Crippen LogP contribution in [0.2, 0.25) is 0 Å². The first-order chi connectivity index (χ1) is 12.8. The zero-order valence-corrected chi connectivity index (χ0v) is 17.4. The third-order valence-corrected chi connectivity index (χ3v) is 6.23. The lowest BCUT2D eigenvalue weighted by Gasteiger charge is -2.33. The largest absolute Gasteiger partial charge is 0.352 e. The van der Waals surface area contributed by atoms with Gasteiger partial charge >= 0.3 is 0 Å². The number of benzene rings is 1. The first kappa shape index (κ1) is 19.6. The molecule has 0 saturated carbocycles. The molecule has 1 N–H and O–H groups in total. The summed E-state index contributed by atoms with van der Waals surface area (Å²) in [5.74, 6) is -0.0298. The van der Waals surface area contributed by atoms with Gasteiger partial charge in [-0.3, -0.25) is 9.59 Å². The average molecular weight is 385 g/mol. The number of amides is 2. The van der Waals surface area contributed by atoms with Crippen LogP contribution in [0.25, 0.3) is 0 Å². The molecule has 1 atom stereocenters. The fraction of sp³-hybridized carbons (Fsp3) is 0.455. The molecule has 0 aliphatic carbocycles. The maximum Gasteiger partial charge on any atom is 0.251 e. The average Bonchev–Trinajstić information content (AvgIpc) is 3.11. The van der Waals surface area contributed by atoms with Crippen LogP contribution in [0.15, 0.2) is 35.7 Å². The van der Waals surface area contributed by atoms with Crippen LogP contribution >= 0.6 is 11.3 Å². The van der Waals surface area contributed by atoms with Crippen molar-refractivity contribution in [3.63, 3.8) is 0 Å². The molecule has 4 nitrogen and oxygen atoms in total. The summed E-state index contributed by atoms with van der Waals surface area (Å²) < 4.78 is 0. The second-order valence-electron chi connectivity index (χ2n) is 8.15. The van der Waals surface area contributed by atoms with Crippen molar-refractivity contribution in [2.75, 3.05) is 13.1 Å². The molecule has 1 aromatic heterocycles. The molecule has 2 amide bonds. The van der Waals surface area contributed by atoms with Gasteiger partial charge in [0.2, 0.25) is 5.91 Å². The molecule has 1 aliphatic rings.